The van der Waals surface area contributed by atoms with Gasteiger partial charge < -0.3 is 15.4 Å². The number of hydrogen-bond acceptors (Lipinski definition) is 3. The zero-order chi connectivity index (χ0) is 20.4. The van der Waals surface area contributed by atoms with Crippen LogP contribution in [0.2, 0.25) is 5.02 Å². The molecule has 2 atom stereocenters. The van der Waals surface area contributed by atoms with Gasteiger partial charge in [0, 0.05) is 23.5 Å². The van der Waals surface area contributed by atoms with Gasteiger partial charge in [0.25, 0.3) is 0 Å². The Hall–Kier alpha value is -2.04. The Kier molecular flexibility index (Phi) is 5.74. The van der Waals surface area contributed by atoms with E-state index in [1.807, 2.05) is 63.2 Å². The van der Waals surface area contributed by atoms with E-state index in [1.165, 1.54) is 5.56 Å². The van der Waals surface area contributed by atoms with Gasteiger partial charge in [0.2, 0.25) is 0 Å². The average molecular weight is 401 g/mol. The van der Waals surface area contributed by atoms with Crippen molar-refractivity contribution in [1.82, 2.24) is 10.6 Å². The molecule has 0 aromatic heterocycles. The molecule has 3 rings (SSSR count). The van der Waals surface area contributed by atoms with Gasteiger partial charge in [-0.1, -0.05) is 61.0 Å². The van der Waals surface area contributed by atoms with Crippen LogP contribution in [0.4, 0.5) is 4.79 Å². The normalized spacial score (nSPS) is 24.8. The summed E-state index contributed by atoms with van der Waals surface area (Å²) < 4.78 is 5.61. The number of halogens is 1. The molecule has 0 bridgehead atoms. The number of hydrogen-bond donors (Lipinski definition) is 2. The molecule has 2 N–H and O–H groups in total. The first-order valence-corrected chi connectivity index (χ1v) is 10.0. The second-order valence-electron chi connectivity index (χ2n) is 8.81. The lowest BCUT2D eigenvalue weighted by Gasteiger charge is -2.44. The van der Waals surface area contributed by atoms with Crippen LogP contribution in [0.25, 0.3) is 0 Å². The summed E-state index contributed by atoms with van der Waals surface area (Å²) in [5.74, 6) is 0. The smallest absolute Gasteiger partial charge is 0.408 e. The molecule has 2 aromatic rings. The van der Waals surface area contributed by atoms with Crippen LogP contribution >= 0.6 is 11.6 Å². The van der Waals surface area contributed by atoms with Crippen LogP contribution < -0.4 is 10.6 Å². The van der Waals surface area contributed by atoms with E-state index in [9.17, 15) is 4.79 Å². The molecule has 1 aliphatic heterocycles. The summed E-state index contributed by atoms with van der Waals surface area (Å²) in [7, 11) is 0. The van der Waals surface area contributed by atoms with Gasteiger partial charge in [-0.2, -0.15) is 0 Å². The quantitative estimate of drug-likeness (QED) is 0.781. The molecule has 1 saturated heterocycles. The number of nitrogens with one attached hydrogen (secondary N) is 2. The number of rotatable bonds is 4. The summed E-state index contributed by atoms with van der Waals surface area (Å²) in [5.41, 5.74) is 0.881. The van der Waals surface area contributed by atoms with E-state index in [0.29, 0.717) is 18.0 Å². The minimum absolute atomic E-state index is 0.329. The molecule has 0 spiro atoms. The Morgan fingerprint density at radius 3 is 2.36 bits per heavy atom. The summed E-state index contributed by atoms with van der Waals surface area (Å²) >= 11 is 6.12. The van der Waals surface area contributed by atoms with Gasteiger partial charge in [-0.25, -0.2) is 4.79 Å². The highest BCUT2D eigenvalue weighted by Gasteiger charge is 2.54. The Bertz CT molecular complexity index is 817. The van der Waals surface area contributed by atoms with Crippen molar-refractivity contribution in [3.63, 3.8) is 0 Å². The molecular weight excluding hydrogens is 372 g/mol. The zero-order valence-electron chi connectivity index (χ0n) is 17.0. The van der Waals surface area contributed by atoms with Crippen molar-refractivity contribution in [2.75, 3.05) is 13.1 Å². The number of amides is 1. The first kappa shape index (κ1) is 20.7. The molecule has 0 saturated carbocycles. The van der Waals surface area contributed by atoms with Crippen molar-refractivity contribution >= 4 is 17.7 Å². The first-order chi connectivity index (χ1) is 13.1. The van der Waals surface area contributed by atoms with Gasteiger partial charge in [-0.05, 0) is 50.5 Å². The number of benzene rings is 2. The highest BCUT2D eigenvalue weighted by atomic mass is 35.5. The monoisotopic (exact) mass is 400 g/mol. The van der Waals surface area contributed by atoms with Crippen LogP contribution in [-0.2, 0) is 16.6 Å². The molecule has 28 heavy (non-hydrogen) atoms. The fraction of sp³-hybridized carbons (Fsp3) is 0.435. The van der Waals surface area contributed by atoms with E-state index in [4.69, 9.17) is 16.3 Å². The molecule has 1 fully saturated rings. The third-order valence-corrected chi connectivity index (χ3v) is 5.78. The highest BCUT2D eigenvalue weighted by molar-refractivity contribution is 6.30. The maximum Gasteiger partial charge on any atom is 0.408 e. The lowest BCUT2D eigenvalue weighted by molar-refractivity contribution is 0.0423. The molecule has 5 heteroatoms. The third-order valence-electron chi connectivity index (χ3n) is 5.53. The lowest BCUT2D eigenvalue weighted by atomic mass is 9.66. The van der Waals surface area contributed by atoms with Gasteiger partial charge in [-0.3, -0.25) is 0 Å². The zero-order valence-corrected chi connectivity index (χ0v) is 17.8. The van der Waals surface area contributed by atoms with Crippen molar-refractivity contribution in [2.24, 2.45) is 0 Å². The van der Waals surface area contributed by atoms with E-state index < -0.39 is 17.2 Å². The van der Waals surface area contributed by atoms with Crippen molar-refractivity contribution < 1.29 is 9.53 Å². The van der Waals surface area contributed by atoms with E-state index in [0.717, 1.165) is 12.1 Å². The minimum Gasteiger partial charge on any atom is -0.444 e. The molecule has 1 aliphatic rings. The molecule has 1 heterocycles. The summed E-state index contributed by atoms with van der Waals surface area (Å²) in [6, 6.07) is 18.2. The molecule has 0 aliphatic carbocycles. The second kappa shape index (κ2) is 7.76. The van der Waals surface area contributed by atoms with Crippen molar-refractivity contribution in [3.8, 4) is 0 Å². The standard InChI is InChI=1S/C23H29ClN2O2/c1-21(2,3)28-20(27)26-23(14-17-8-6-5-7-9-17)16-25-15-22(23,4)18-10-12-19(24)13-11-18/h5-13,25H,14-16H2,1-4H3,(H,26,27)/t22-,23+/m0/s1. The van der Waals surface area contributed by atoms with Gasteiger partial charge in [-0.15, -0.1) is 0 Å². The van der Waals surface area contributed by atoms with Gasteiger partial charge in [0.15, 0.2) is 0 Å². The van der Waals surface area contributed by atoms with E-state index in [2.05, 4.69) is 29.7 Å². The summed E-state index contributed by atoms with van der Waals surface area (Å²) in [6.45, 7) is 9.22. The largest absolute Gasteiger partial charge is 0.444 e. The van der Waals surface area contributed by atoms with Crippen LogP contribution in [-0.4, -0.2) is 30.3 Å². The van der Waals surface area contributed by atoms with Gasteiger partial charge in [0.1, 0.15) is 5.60 Å². The number of carbonyl (C=O) groups is 1. The fourth-order valence-electron chi connectivity index (χ4n) is 4.01. The highest BCUT2D eigenvalue weighted by Crippen LogP contribution is 2.41. The van der Waals surface area contributed by atoms with Crippen molar-refractivity contribution in [2.45, 2.75) is 50.7 Å². The molecule has 2 aromatic carbocycles. The van der Waals surface area contributed by atoms with Gasteiger partial charge in [0.05, 0.1) is 5.54 Å². The Morgan fingerprint density at radius 1 is 1.11 bits per heavy atom. The molecule has 1 amide bonds. The Balaban J connectivity index is 2.01. The van der Waals surface area contributed by atoms with E-state index in [1.54, 1.807) is 0 Å². The second-order valence-corrected chi connectivity index (χ2v) is 9.25. The van der Waals surface area contributed by atoms with Gasteiger partial charge >= 0.3 is 6.09 Å². The lowest BCUT2D eigenvalue weighted by Crippen LogP contribution is -2.63. The molecular formula is C23H29ClN2O2. The van der Waals surface area contributed by atoms with Crippen LogP contribution in [0, 0.1) is 0 Å². The van der Waals surface area contributed by atoms with E-state index in [-0.39, 0.29) is 5.41 Å². The predicted octanol–water partition coefficient (Wildman–Crippen LogP) is 4.71. The van der Waals surface area contributed by atoms with Crippen LogP contribution in [0.15, 0.2) is 54.6 Å². The fourth-order valence-corrected chi connectivity index (χ4v) is 4.14. The maximum atomic E-state index is 12.8. The van der Waals surface area contributed by atoms with Crippen molar-refractivity contribution in [3.05, 3.63) is 70.7 Å². The molecule has 0 unspecified atom stereocenters. The minimum atomic E-state index is -0.555. The third kappa shape index (κ3) is 4.34. The Labute approximate surface area is 172 Å². The molecule has 0 radical (unpaired) electrons. The maximum absolute atomic E-state index is 12.8. The topological polar surface area (TPSA) is 50.4 Å². The van der Waals surface area contributed by atoms with Crippen molar-refractivity contribution in [1.29, 1.82) is 0 Å². The van der Waals surface area contributed by atoms with Crippen LogP contribution in [0.3, 0.4) is 0 Å². The van der Waals surface area contributed by atoms with Crippen LogP contribution in [0.5, 0.6) is 0 Å². The first-order valence-electron chi connectivity index (χ1n) is 9.65. The average Bonchev–Trinajstić information content (AvgIpc) is 2.91. The molecule has 4 nitrogen and oxygen atoms in total. The summed E-state index contributed by atoms with van der Waals surface area (Å²) in [5, 5.41) is 7.45. The summed E-state index contributed by atoms with van der Waals surface area (Å²) in [4.78, 5) is 12.8. The molecule has 150 valence electrons. The Morgan fingerprint density at radius 2 is 1.75 bits per heavy atom. The van der Waals surface area contributed by atoms with Crippen LogP contribution in [0.1, 0.15) is 38.8 Å². The number of carbonyl (C=O) groups excluding carboxylic acids is 1. The van der Waals surface area contributed by atoms with E-state index >= 15 is 0 Å². The summed E-state index contributed by atoms with van der Waals surface area (Å²) in [6.07, 6.45) is 0.298. The SMILES string of the molecule is CC(C)(C)OC(=O)N[C@]1(Cc2ccccc2)CNC[C@@]1(C)c1ccc(Cl)cc1. The number of ether oxygens (including phenoxy) is 1. The number of alkyl carbamates (subject to hydrolysis) is 1. The predicted molar refractivity (Wildman–Crippen MR) is 114 cm³/mol.